The number of carbonyl (C=O) groups is 1. The Morgan fingerprint density at radius 3 is 2.40 bits per heavy atom. The molecule has 4 bridgehead atoms. The molecule has 5 aliphatic rings. The molecule has 2 heterocycles. The van der Waals surface area contributed by atoms with E-state index in [0.717, 1.165) is 44.2 Å². The fourth-order valence-electron chi connectivity index (χ4n) is 9.76. The topological polar surface area (TPSA) is 64.6 Å². The number of benzene rings is 1. The minimum atomic E-state index is 0.116. The molecular formula is C35H50N6O. The van der Waals surface area contributed by atoms with Crippen molar-refractivity contribution in [3.8, 4) is 0 Å². The van der Waals surface area contributed by atoms with Crippen molar-refractivity contribution in [3.05, 3.63) is 42.2 Å². The largest absolute Gasteiger partial charge is 0.369 e. The first kappa shape index (κ1) is 28.1. The predicted molar refractivity (Wildman–Crippen MR) is 169 cm³/mol. The molecule has 1 amide bonds. The SMILES string of the molecule is CCCN1CCN(c2ccc(Nc3nccc(C(=O)N(C4CC5CCC4C5)C4CC5CCC4(C)C5(C)C)n3)cc2)CC1. The molecule has 6 atom stereocenters. The fraction of sp³-hybridized carbons (Fsp3) is 0.686. The summed E-state index contributed by atoms with van der Waals surface area (Å²) >= 11 is 0. The summed E-state index contributed by atoms with van der Waals surface area (Å²) in [6.45, 7) is 15.2. The summed E-state index contributed by atoms with van der Waals surface area (Å²) in [5.41, 5.74) is 3.15. The van der Waals surface area contributed by atoms with Gasteiger partial charge in [0.2, 0.25) is 5.95 Å². The Labute approximate surface area is 252 Å². The lowest BCUT2D eigenvalue weighted by atomic mass is 9.68. The van der Waals surface area contributed by atoms with Crippen LogP contribution in [0.2, 0.25) is 0 Å². The number of piperazine rings is 1. The van der Waals surface area contributed by atoms with Gasteiger partial charge in [-0.1, -0.05) is 34.1 Å². The number of amides is 1. The van der Waals surface area contributed by atoms with Gasteiger partial charge in [0.05, 0.1) is 0 Å². The first-order chi connectivity index (χ1) is 20.3. The Balaban J connectivity index is 1.08. The van der Waals surface area contributed by atoms with Crippen LogP contribution in [0.25, 0.3) is 0 Å². The number of rotatable bonds is 8. The first-order valence-electron chi connectivity index (χ1n) is 16.8. The van der Waals surface area contributed by atoms with Gasteiger partial charge in [-0.05, 0) is 110 Å². The number of carbonyl (C=O) groups excluding carboxylic acids is 1. The van der Waals surface area contributed by atoms with E-state index < -0.39 is 0 Å². The highest BCUT2D eigenvalue weighted by atomic mass is 16.2. The quantitative estimate of drug-likeness (QED) is 0.386. The molecule has 0 radical (unpaired) electrons. The van der Waals surface area contributed by atoms with Gasteiger partial charge >= 0.3 is 0 Å². The molecule has 0 spiro atoms. The molecular weight excluding hydrogens is 520 g/mol. The van der Waals surface area contributed by atoms with Crippen molar-refractivity contribution in [1.82, 2.24) is 19.8 Å². The highest BCUT2D eigenvalue weighted by Gasteiger charge is 2.64. The van der Waals surface area contributed by atoms with Crippen LogP contribution in [0.1, 0.15) is 89.5 Å². The highest BCUT2D eigenvalue weighted by molar-refractivity contribution is 5.93. The fourth-order valence-corrected chi connectivity index (χ4v) is 9.76. The number of nitrogens with one attached hydrogen (secondary N) is 1. The van der Waals surface area contributed by atoms with Gasteiger partial charge in [0.25, 0.3) is 5.91 Å². The van der Waals surface area contributed by atoms with Gasteiger partial charge in [0, 0.05) is 55.8 Å². The van der Waals surface area contributed by atoms with E-state index in [1.807, 2.05) is 6.07 Å². The molecule has 7 rings (SSSR count). The van der Waals surface area contributed by atoms with Crippen LogP contribution in [0.4, 0.5) is 17.3 Å². The molecule has 6 unspecified atom stereocenters. The van der Waals surface area contributed by atoms with Crippen molar-refractivity contribution in [2.45, 2.75) is 91.1 Å². The summed E-state index contributed by atoms with van der Waals surface area (Å²) in [6.07, 6.45) is 11.7. The van der Waals surface area contributed by atoms with E-state index in [4.69, 9.17) is 4.98 Å². The Bertz CT molecular complexity index is 1290. The van der Waals surface area contributed by atoms with E-state index in [0.29, 0.717) is 35.6 Å². The Morgan fingerprint density at radius 2 is 1.79 bits per heavy atom. The van der Waals surface area contributed by atoms with Gasteiger partial charge in [0.1, 0.15) is 5.69 Å². The van der Waals surface area contributed by atoms with Crippen LogP contribution in [-0.4, -0.2) is 70.5 Å². The lowest BCUT2D eigenvalue weighted by Gasteiger charge is -2.48. The summed E-state index contributed by atoms with van der Waals surface area (Å²) < 4.78 is 0. The zero-order chi connectivity index (χ0) is 29.1. The molecule has 1 aromatic carbocycles. The number of aromatic nitrogens is 2. The number of fused-ring (bicyclic) bond motifs is 4. The molecule has 226 valence electrons. The second kappa shape index (κ2) is 10.8. The summed E-state index contributed by atoms with van der Waals surface area (Å²) in [5, 5.41) is 3.39. The minimum absolute atomic E-state index is 0.116. The van der Waals surface area contributed by atoms with E-state index in [1.54, 1.807) is 6.20 Å². The molecule has 1 aliphatic heterocycles. The Morgan fingerprint density at radius 1 is 1.00 bits per heavy atom. The second-order valence-electron chi connectivity index (χ2n) is 14.8. The molecule has 5 fully saturated rings. The van der Waals surface area contributed by atoms with Crippen molar-refractivity contribution in [2.24, 2.45) is 28.6 Å². The smallest absolute Gasteiger partial charge is 0.273 e. The van der Waals surface area contributed by atoms with Gasteiger partial charge in [-0.3, -0.25) is 9.69 Å². The van der Waals surface area contributed by atoms with Crippen LogP contribution in [0, 0.1) is 28.6 Å². The minimum Gasteiger partial charge on any atom is -0.369 e. The van der Waals surface area contributed by atoms with Crippen LogP contribution in [0.15, 0.2) is 36.5 Å². The van der Waals surface area contributed by atoms with Gasteiger partial charge < -0.3 is 15.1 Å². The van der Waals surface area contributed by atoms with Crippen LogP contribution >= 0.6 is 0 Å². The number of hydrogen-bond donors (Lipinski definition) is 1. The Kier molecular flexibility index (Phi) is 7.23. The van der Waals surface area contributed by atoms with Crippen molar-refractivity contribution in [2.75, 3.05) is 42.9 Å². The molecule has 42 heavy (non-hydrogen) atoms. The van der Waals surface area contributed by atoms with E-state index in [9.17, 15) is 4.79 Å². The zero-order valence-corrected chi connectivity index (χ0v) is 26.2. The lowest BCUT2D eigenvalue weighted by molar-refractivity contribution is 0.00518. The molecule has 4 saturated carbocycles. The average Bonchev–Trinajstić information content (AvgIpc) is 3.72. The van der Waals surface area contributed by atoms with Crippen LogP contribution in [0.5, 0.6) is 0 Å². The third kappa shape index (κ3) is 4.71. The van der Waals surface area contributed by atoms with Gasteiger partial charge in [-0.2, -0.15) is 0 Å². The van der Waals surface area contributed by atoms with Crippen molar-refractivity contribution < 1.29 is 4.79 Å². The van der Waals surface area contributed by atoms with E-state index in [1.165, 1.54) is 57.2 Å². The monoisotopic (exact) mass is 570 g/mol. The van der Waals surface area contributed by atoms with E-state index in [-0.39, 0.29) is 16.7 Å². The van der Waals surface area contributed by atoms with Gasteiger partial charge in [-0.25, -0.2) is 9.97 Å². The molecule has 2 aromatic rings. The highest BCUT2D eigenvalue weighted by Crippen LogP contribution is 2.67. The summed E-state index contributed by atoms with van der Waals surface area (Å²) in [7, 11) is 0. The third-order valence-corrected chi connectivity index (χ3v) is 12.7. The van der Waals surface area contributed by atoms with Gasteiger partial charge in [0.15, 0.2) is 0 Å². The standard InChI is InChI=1S/C35H50N6O/c1-5-16-39-17-19-40(20-18-39)28-10-8-27(9-11-28)37-33-36-15-13-29(38-33)32(42)41(30-22-24-6-7-25(30)21-24)31-23-26-12-14-35(31,4)34(26,2)3/h8-11,13,15,24-26,30-31H,5-7,12,14,16-23H2,1-4H3,(H,36,37,38). The molecule has 7 nitrogen and oxygen atoms in total. The molecule has 1 saturated heterocycles. The summed E-state index contributed by atoms with van der Waals surface area (Å²) in [6, 6.07) is 11.1. The second-order valence-corrected chi connectivity index (χ2v) is 14.8. The predicted octanol–water partition coefficient (Wildman–Crippen LogP) is 6.60. The van der Waals surface area contributed by atoms with Crippen LogP contribution in [0.3, 0.4) is 0 Å². The maximum atomic E-state index is 14.5. The third-order valence-electron chi connectivity index (χ3n) is 12.7. The van der Waals surface area contributed by atoms with Crippen LogP contribution < -0.4 is 10.2 Å². The molecule has 4 aliphatic carbocycles. The number of nitrogens with zero attached hydrogens (tertiary/aromatic N) is 5. The van der Waals surface area contributed by atoms with E-state index >= 15 is 0 Å². The molecule has 7 heteroatoms. The maximum absolute atomic E-state index is 14.5. The maximum Gasteiger partial charge on any atom is 0.273 e. The van der Waals surface area contributed by atoms with Crippen molar-refractivity contribution >= 4 is 23.2 Å². The average molecular weight is 571 g/mol. The zero-order valence-electron chi connectivity index (χ0n) is 26.2. The van der Waals surface area contributed by atoms with Crippen LogP contribution in [-0.2, 0) is 0 Å². The van der Waals surface area contributed by atoms with Crippen molar-refractivity contribution in [1.29, 1.82) is 0 Å². The summed E-state index contributed by atoms with van der Waals surface area (Å²) in [5.74, 6) is 2.75. The first-order valence-corrected chi connectivity index (χ1v) is 16.8. The number of hydrogen-bond acceptors (Lipinski definition) is 6. The normalized spacial score (nSPS) is 33.3. The lowest BCUT2D eigenvalue weighted by Crippen LogP contribution is -2.55. The van der Waals surface area contributed by atoms with E-state index in [2.05, 4.69) is 77.0 Å². The van der Waals surface area contributed by atoms with Gasteiger partial charge in [-0.15, -0.1) is 0 Å². The van der Waals surface area contributed by atoms with Crippen molar-refractivity contribution in [3.63, 3.8) is 0 Å². The summed E-state index contributed by atoms with van der Waals surface area (Å²) in [4.78, 5) is 31.2. The number of anilines is 3. The molecule has 1 N–H and O–H groups in total. The Hall–Kier alpha value is -2.67. The molecule has 1 aromatic heterocycles.